The van der Waals surface area contributed by atoms with E-state index >= 15 is 0 Å². The fraction of sp³-hybridized carbons (Fsp3) is 0.300. The number of carbonyl (C=O) groups excluding carboxylic acids is 1. The molecule has 1 aliphatic heterocycles. The average molecular weight is 423 g/mol. The molecule has 150 valence electrons. The first kappa shape index (κ1) is 22.0. The van der Waals surface area contributed by atoms with Gasteiger partial charge in [-0.25, -0.2) is 4.98 Å². The summed E-state index contributed by atoms with van der Waals surface area (Å²) in [5.41, 5.74) is 2.40. The van der Waals surface area contributed by atoms with Gasteiger partial charge in [-0.05, 0) is 37.3 Å². The lowest BCUT2D eigenvalue weighted by Gasteiger charge is -2.34. The number of aromatic nitrogens is 2. The molecule has 3 aromatic rings. The summed E-state index contributed by atoms with van der Waals surface area (Å²) in [5, 5.41) is 3.30. The summed E-state index contributed by atoms with van der Waals surface area (Å²) in [6.45, 7) is 4.82. The predicted molar refractivity (Wildman–Crippen MR) is 114 cm³/mol. The van der Waals surface area contributed by atoms with Gasteiger partial charge in [0.1, 0.15) is 18.0 Å². The molecule has 0 spiro atoms. The van der Waals surface area contributed by atoms with Crippen LogP contribution in [-0.4, -0.2) is 45.9 Å². The molecule has 3 heterocycles. The highest BCUT2D eigenvalue weighted by Gasteiger charge is 2.24. The molecule has 0 bridgehead atoms. The topological polar surface area (TPSA) is 58.9 Å². The molecule has 4 rings (SSSR count). The summed E-state index contributed by atoms with van der Waals surface area (Å²) < 4.78 is 7.83. The van der Waals surface area contributed by atoms with Gasteiger partial charge in [0.2, 0.25) is 0 Å². The van der Waals surface area contributed by atoms with Crippen molar-refractivity contribution in [1.29, 1.82) is 0 Å². The Hall–Kier alpha value is -2.28. The number of nitrogens with one attached hydrogen (secondary N) is 1. The fourth-order valence-electron chi connectivity index (χ4n) is 3.24. The van der Waals surface area contributed by atoms with E-state index < -0.39 is 0 Å². The number of hydrogen-bond acceptors (Lipinski definition) is 4. The number of piperazine rings is 1. The second-order valence-electron chi connectivity index (χ2n) is 6.57. The van der Waals surface area contributed by atoms with Gasteiger partial charge in [0.05, 0.1) is 5.69 Å². The van der Waals surface area contributed by atoms with Crippen molar-refractivity contribution in [2.45, 2.75) is 19.6 Å². The average Bonchev–Trinajstić information content (AvgIpc) is 3.09. The van der Waals surface area contributed by atoms with Gasteiger partial charge in [-0.3, -0.25) is 4.79 Å². The molecule has 8 heteroatoms. The van der Waals surface area contributed by atoms with Crippen molar-refractivity contribution in [2.24, 2.45) is 0 Å². The smallest absolute Gasteiger partial charge is 0.254 e. The van der Waals surface area contributed by atoms with Crippen molar-refractivity contribution in [2.75, 3.05) is 19.6 Å². The Labute approximate surface area is 176 Å². The van der Waals surface area contributed by atoms with E-state index in [-0.39, 0.29) is 36.8 Å². The van der Waals surface area contributed by atoms with E-state index in [2.05, 4.69) is 17.2 Å². The Kier molecular flexibility index (Phi) is 7.69. The maximum Gasteiger partial charge on any atom is 0.254 e. The van der Waals surface area contributed by atoms with Crippen molar-refractivity contribution in [1.82, 2.24) is 19.6 Å². The van der Waals surface area contributed by atoms with Crippen LogP contribution < -0.4 is 10.1 Å². The van der Waals surface area contributed by atoms with Gasteiger partial charge in [-0.2, -0.15) is 0 Å². The van der Waals surface area contributed by atoms with E-state index in [4.69, 9.17) is 4.74 Å². The summed E-state index contributed by atoms with van der Waals surface area (Å²) in [7, 11) is 0. The predicted octanol–water partition coefficient (Wildman–Crippen LogP) is 3.19. The minimum atomic E-state index is 0. The third-order valence-corrected chi connectivity index (χ3v) is 4.64. The van der Waals surface area contributed by atoms with Crippen LogP contribution in [0, 0.1) is 0 Å². The van der Waals surface area contributed by atoms with Crippen LogP contribution in [0.4, 0.5) is 0 Å². The highest BCUT2D eigenvalue weighted by atomic mass is 35.5. The van der Waals surface area contributed by atoms with Crippen LogP contribution in [-0.2, 0) is 6.61 Å². The maximum absolute atomic E-state index is 12.8. The van der Waals surface area contributed by atoms with Crippen molar-refractivity contribution in [3.8, 4) is 5.75 Å². The zero-order valence-corrected chi connectivity index (χ0v) is 17.2. The van der Waals surface area contributed by atoms with Gasteiger partial charge in [0.15, 0.2) is 0 Å². The van der Waals surface area contributed by atoms with Crippen molar-refractivity contribution < 1.29 is 9.53 Å². The lowest BCUT2D eigenvalue weighted by molar-refractivity contribution is 0.0655. The monoisotopic (exact) mass is 422 g/mol. The molecule has 1 atom stereocenters. The van der Waals surface area contributed by atoms with E-state index in [1.165, 1.54) is 0 Å². The molecule has 1 N–H and O–H groups in total. The molecule has 6 nitrogen and oxygen atoms in total. The zero-order valence-electron chi connectivity index (χ0n) is 15.6. The van der Waals surface area contributed by atoms with Crippen LogP contribution in [0.25, 0.3) is 5.65 Å². The SMILES string of the molecule is C[C@@H]1CNCCN1C(=O)c1cccc(OCc2cn3ccccc3n2)c1.Cl.Cl. The van der Waals surface area contributed by atoms with Gasteiger partial charge in [-0.1, -0.05) is 12.1 Å². The number of halogens is 2. The second kappa shape index (κ2) is 9.78. The van der Waals surface area contributed by atoms with Gasteiger partial charge >= 0.3 is 0 Å². The summed E-state index contributed by atoms with van der Waals surface area (Å²) in [6.07, 6.45) is 3.91. The van der Waals surface area contributed by atoms with Crippen LogP contribution in [0.15, 0.2) is 54.9 Å². The number of hydrogen-bond donors (Lipinski definition) is 1. The minimum Gasteiger partial charge on any atom is -0.487 e. The standard InChI is InChI=1S/C20H22N4O2.2ClH/c1-15-12-21-8-10-24(15)20(25)16-5-4-6-18(11-16)26-14-17-13-23-9-3-2-7-19(23)22-17;;/h2-7,9,11,13,15,21H,8,10,12,14H2,1H3;2*1H/t15-;;/m1../s1. The molecule has 0 unspecified atom stereocenters. The van der Waals surface area contributed by atoms with Crippen LogP contribution in [0.1, 0.15) is 23.0 Å². The summed E-state index contributed by atoms with van der Waals surface area (Å²) in [5.74, 6) is 0.730. The third-order valence-electron chi connectivity index (χ3n) is 4.64. The number of ether oxygens (including phenoxy) is 1. The lowest BCUT2D eigenvalue weighted by atomic mass is 10.1. The first-order valence-electron chi connectivity index (χ1n) is 8.88. The van der Waals surface area contributed by atoms with Crippen LogP contribution in [0.2, 0.25) is 0 Å². The maximum atomic E-state index is 12.8. The highest BCUT2D eigenvalue weighted by Crippen LogP contribution is 2.18. The first-order valence-corrected chi connectivity index (χ1v) is 8.88. The highest BCUT2D eigenvalue weighted by molar-refractivity contribution is 5.94. The normalized spacial score (nSPS) is 16.2. The van der Waals surface area contributed by atoms with Gasteiger partial charge in [0.25, 0.3) is 5.91 Å². The van der Waals surface area contributed by atoms with Crippen LogP contribution in [0.5, 0.6) is 5.75 Å². The molecule has 1 fully saturated rings. The Balaban J connectivity index is 0.00000140. The third kappa shape index (κ3) is 4.76. The van der Waals surface area contributed by atoms with Crippen molar-refractivity contribution in [3.63, 3.8) is 0 Å². The zero-order chi connectivity index (χ0) is 17.9. The van der Waals surface area contributed by atoms with Gasteiger partial charge in [-0.15, -0.1) is 24.8 Å². The number of pyridine rings is 1. The van der Waals surface area contributed by atoms with E-state index in [1.54, 1.807) is 0 Å². The number of imidazole rings is 1. The summed E-state index contributed by atoms with van der Waals surface area (Å²) in [6, 6.07) is 13.5. The molecule has 0 aliphatic carbocycles. The molecule has 1 aliphatic rings. The molecule has 0 radical (unpaired) electrons. The lowest BCUT2D eigenvalue weighted by Crippen LogP contribution is -2.52. The number of benzene rings is 1. The van der Waals surface area contributed by atoms with E-state index in [0.717, 1.165) is 31.0 Å². The van der Waals surface area contributed by atoms with E-state index in [9.17, 15) is 4.79 Å². The molecule has 0 saturated carbocycles. The quantitative estimate of drug-likeness (QED) is 0.701. The second-order valence-corrected chi connectivity index (χ2v) is 6.57. The number of amides is 1. The van der Waals surface area contributed by atoms with Gasteiger partial charge < -0.3 is 19.4 Å². The Morgan fingerprint density at radius 3 is 2.89 bits per heavy atom. The summed E-state index contributed by atoms with van der Waals surface area (Å²) >= 11 is 0. The Morgan fingerprint density at radius 2 is 2.11 bits per heavy atom. The molecule has 1 amide bonds. The summed E-state index contributed by atoms with van der Waals surface area (Å²) in [4.78, 5) is 19.2. The largest absolute Gasteiger partial charge is 0.487 e. The molecule has 1 saturated heterocycles. The molecular formula is C20H24Cl2N4O2. The number of rotatable bonds is 4. The molecule has 2 aromatic heterocycles. The first-order chi connectivity index (χ1) is 12.7. The molecular weight excluding hydrogens is 399 g/mol. The fourth-order valence-corrected chi connectivity index (χ4v) is 3.24. The van der Waals surface area contributed by atoms with Crippen molar-refractivity contribution >= 4 is 36.4 Å². The van der Waals surface area contributed by atoms with E-state index in [0.29, 0.717) is 17.9 Å². The Morgan fingerprint density at radius 1 is 1.25 bits per heavy atom. The Bertz CT molecular complexity index is 898. The number of nitrogens with zero attached hydrogens (tertiary/aromatic N) is 3. The minimum absolute atomic E-state index is 0. The molecule has 1 aromatic carbocycles. The van der Waals surface area contributed by atoms with Crippen molar-refractivity contribution in [3.05, 3.63) is 66.1 Å². The molecule has 28 heavy (non-hydrogen) atoms. The van der Waals surface area contributed by atoms with E-state index in [1.807, 2.05) is 64.2 Å². The van der Waals surface area contributed by atoms with Crippen LogP contribution in [0.3, 0.4) is 0 Å². The number of carbonyl (C=O) groups is 1. The van der Waals surface area contributed by atoms with Gasteiger partial charge in [0, 0.05) is 43.6 Å². The number of fused-ring (bicyclic) bond motifs is 1. The van der Waals surface area contributed by atoms with Crippen LogP contribution >= 0.6 is 24.8 Å².